The Kier molecular flexibility index (Phi) is 3.90. The van der Waals surface area contributed by atoms with E-state index in [9.17, 15) is 0 Å². The number of benzene rings is 1. The maximum Gasteiger partial charge on any atom is 0.110 e. The summed E-state index contributed by atoms with van der Waals surface area (Å²) in [6.45, 7) is 4.27. The van der Waals surface area contributed by atoms with Gasteiger partial charge in [0.1, 0.15) is 5.82 Å². The lowest BCUT2D eigenvalue weighted by Crippen LogP contribution is -2.23. The molecular formula is C13H18N4. The van der Waals surface area contributed by atoms with E-state index < -0.39 is 0 Å². The SMILES string of the molecule is Cc1ncc(CNCCN)n1-c1ccccc1. The van der Waals surface area contributed by atoms with Gasteiger partial charge in [-0.3, -0.25) is 4.57 Å². The Morgan fingerprint density at radius 3 is 2.76 bits per heavy atom. The molecule has 0 aliphatic rings. The van der Waals surface area contributed by atoms with Crippen LogP contribution in [0.15, 0.2) is 36.5 Å². The van der Waals surface area contributed by atoms with Gasteiger partial charge in [0.15, 0.2) is 0 Å². The standard InChI is InChI=1S/C13H18N4/c1-11-16-10-13(9-15-8-7-14)17(11)12-5-3-2-4-6-12/h2-6,10,15H,7-9,14H2,1H3. The fraction of sp³-hybridized carbons (Fsp3) is 0.308. The zero-order valence-electron chi connectivity index (χ0n) is 10.1. The highest BCUT2D eigenvalue weighted by Gasteiger charge is 2.07. The van der Waals surface area contributed by atoms with Crippen LogP contribution >= 0.6 is 0 Å². The van der Waals surface area contributed by atoms with Crippen LogP contribution in [0.4, 0.5) is 0 Å². The van der Waals surface area contributed by atoms with Gasteiger partial charge in [-0.05, 0) is 19.1 Å². The van der Waals surface area contributed by atoms with Crippen LogP contribution in [-0.2, 0) is 6.54 Å². The van der Waals surface area contributed by atoms with Crippen molar-refractivity contribution in [2.75, 3.05) is 13.1 Å². The maximum atomic E-state index is 5.46. The quantitative estimate of drug-likeness (QED) is 0.760. The molecule has 0 atom stereocenters. The van der Waals surface area contributed by atoms with Crippen molar-refractivity contribution in [1.82, 2.24) is 14.9 Å². The van der Waals surface area contributed by atoms with Crippen LogP contribution in [0.2, 0.25) is 0 Å². The second-order valence-electron chi connectivity index (χ2n) is 3.93. The van der Waals surface area contributed by atoms with E-state index >= 15 is 0 Å². The smallest absolute Gasteiger partial charge is 0.110 e. The number of para-hydroxylation sites is 1. The maximum absolute atomic E-state index is 5.46. The molecule has 4 heteroatoms. The number of hydrogen-bond donors (Lipinski definition) is 2. The first-order chi connectivity index (χ1) is 8.33. The number of aryl methyl sites for hydroxylation is 1. The number of rotatable bonds is 5. The molecule has 0 amide bonds. The summed E-state index contributed by atoms with van der Waals surface area (Å²) in [4.78, 5) is 4.36. The van der Waals surface area contributed by atoms with E-state index in [1.807, 2.05) is 31.3 Å². The highest BCUT2D eigenvalue weighted by atomic mass is 15.1. The Bertz CT molecular complexity index is 462. The second-order valence-corrected chi connectivity index (χ2v) is 3.93. The third-order valence-corrected chi connectivity index (χ3v) is 2.65. The third-order valence-electron chi connectivity index (χ3n) is 2.65. The minimum absolute atomic E-state index is 0.651. The molecule has 0 radical (unpaired) electrons. The minimum atomic E-state index is 0.651. The molecule has 0 saturated heterocycles. The van der Waals surface area contributed by atoms with E-state index in [-0.39, 0.29) is 0 Å². The molecule has 3 N–H and O–H groups in total. The van der Waals surface area contributed by atoms with E-state index in [2.05, 4.69) is 27.0 Å². The van der Waals surface area contributed by atoms with Crippen molar-refractivity contribution >= 4 is 0 Å². The summed E-state index contributed by atoms with van der Waals surface area (Å²) in [5.41, 5.74) is 7.76. The molecule has 0 unspecified atom stereocenters. The summed E-state index contributed by atoms with van der Waals surface area (Å²) < 4.78 is 2.16. The van der Waals surface area contributed by atoms with Gasteiger partial charge >= 0.3 is 0 Å². The number of hydrogen-bond acceptors (Lipinski definition) is 3. The first-order valence-electron chi connectivity index (χ1n) is 5.82. The Morgan fingerprint density at radius 2 is 2.06 bits per heavy atom. The van der Waals surface area contributed by atoms with Crippen molar-refractivity contribution in [1.29, 1.82) is 0 Å². The van der Waals surface area contributed by atoms with E-state index in [1.165, 1.54) is 0 Å². The molecule has 0 bridgehead atoms. The molecule has 0 fully saturated rings. The van der Waals surface area contributed by atoms with Crippen LogP contribution in [0.5, 0.6) is 0 Å². The molecule has 1 aromatic heterocycles. The van der Waals surface area contributed by atoms with Gasteiger partial charge in [-0.1, -0.05) is 18.2 Å². The molecule has 1 heterocycles. The highest BCUT2D eigenvalue weighted by Crippen LogP contribution is 2.13. The molecular weight excluding hydrogens is 212 g/mol. The normalized spacial score (nSPS) is 10.7. The molecule has 0 aliphatic heterocycles. The second kappa shape index (κ2) is 5.61. The average Bonchev–Trinajstić information content (AvgIpc) is 2.72. The van der Waals surface area contributed by atoms with E-state index in [0.29, 0.717) is 6.54 Å². The summed E-state index contributed by atoms with van der Waals surface area (Å²) in [6.07, 6.45) is 1.91. The Balaban J connectivity index is 2.24. The molecule has 2 aromatic rings. The Labute approximate surface area is 101 Å². The van der Waals surface area contributed by atoms with Gasteiger partial charge in [0.05, 0.1) is 11.9 Å². The van der Waals surface area contributed by atoms with Crippen molar-refractivity contribution in [2.45, 2.75) is 13.5 Å². The molecule has 17 heavy (non-hydrogen) atoms. The zero-order chi connectivity index (χ0) is 12.1. The molecule has 90 valence electrons. The summed E-state index contributed by atoms with van der Waals surface area (Å²) >= 11 is 0. The first-order valence-corrected chi connectivity index (χ1v) is 5.82. The molecule has 1 aromatic carbocycles. The van der Waals surface area contributed by atoms with Crippen LogP contribution in [0.25, 0.3) is 5.69 Å². The van der Waals surface area contributed by atoms with Crippen molar-refractivity contribution in [2.24, 2.45) is 5.73 Å². The number of nitrogens with zero attached hydrogens (tertiary/aromatic N) is 2. The summed E-state index contributed by atoms with van der Waals surface area (Å²) in [7, 11) is 0. The average molecular weight is 230 g/mol. The van der Waals surface area contributed by atoms with Crippen molar-refractivity contribution in [3.63, 3.8) is 0 Å². The molecule has 0 saturated carbocycles. The number of nitrogens with one attached hydrogen (secondary N) is 1. The predicted molar refractivity (Wildman–Crippen MR) is 69.1 cm³/mol. The van der Waals surface area contributed by atoms with Crippen molar-refractivity contribution < 1.29 is 0 Å². The Hall–Kier alpha value is -1.65. The lowest BCUT2D eigenvalue weighted by molar-refractivity contribution is 0.670. The first kappa shape index (κ1) is 11.8. The lowest BCUT2D eigenvalue weighted by Gasteiger charge is -2.10. The zero-order valence-corrected chi connectivity index (χ0v) is 10.1. The summed E-state index contributed by atoms with van der Waals surface area (Å²) in [5, 5.41) is 3.29. The van der Waals surface area contributed by atoms with Crippen LogP contribution in [0.1, 0.15) is 11.5 Å². The topological polar surface area (TPSA) is 55.9 Å². The lowest BCUT2D eigenvalue weighted by atomic mass is 10.3. The monoisotopic (exact) mass is 230 g/mol. The van der Waals surface area contributed by atoms with Gasteiger partial charge in [0.2, 0.25) is 0 Å². The van der Waals surface area contributed by atoms with Crippen LogP contribution < -0.4 is 11.1 Å². The van der Waals surface area contributed by atoms with Gasteiger partial charge in [-0.15, -0.1) is 0 Å². The molecule has 2 rings (SSSR count). The number of imidazole rings is 1. The Morgan fingerprint density at radius 1 is 1.29 bits per heavy atom. The van der Waals surface area contributed by atoms with Crippen LogP contribution in [0.3, 0.4) is 0 Å². The van der Waals surface area contributed by atoms with Gasteiger partial charge in [0, 0.05) is 25.3 Å². The molecule has 4 nitrogen and oxygen atoms in total. The number of nitrogens with two attached hydrogens (primary N) is 1. The third kappa shape index (κ3) is 2.72. The minimum Gasteiger partial charge on any atom is -0.329 e. The van der Waals surface area contributed by atoms with Crippen molar-refractivity contribution in [3.05, 3.63) is 48.0 Å². The van der Waals surface area contributed by atoms with E-state index in [4.69, 9.17) is 5.73 Å². The van der Waals surface area contributed by atoms with Gasteiger partial charge < -0.3 is 11.1 Å². The van der Waals surface area contributed by atoms with Gasteiger partial charge in [0.25, 0.3) is 0 Å². The van der Waals surface area contributed by atoms with Gasteiger partial charge in [-0.2, -0.15) is 0 Å². The van der Waals surface area contributed by atoms with Crippen LogP contribution in [0, 0.1) is 6.92 Å². The van der Waals surface area contributed by atoms with E-state index in [0.717, 1.165) is 30.3 Å². The highest BCUT2D eigenvalue weighted by molar-refractivity contribution is 5.35. The fourth-order valence-corrected chi connectivity index (χ4v) is 1.86. The summed E-state index contributed by atoms with van der Waals surface area (Å²) in [6, 6.07) is 10.3. The van der Waals surface area contributed by atoms with Crippen molar-refractivity contribution in [3.8, 4) is 5.69 Å². The fourth-order valence-electron chi connectivity index (χ4n) is 1.86. The van der Waals surface area contributed by atoms with E-state index in [1.54, 1.807) is 0 Å². The predicted octanol–water partition coefficient (Wildman–Crippen LogP) is 1.23. The molecule has 0 aliphatic carbocycles. The molecule has 0 spiro atoms. The largest absolute Gasteiger partial charge is 0.329 e. The number of aromatic nitrogens is 2. The van der Waals surface area contributed by atoms with Gasteiger partial charge in [-0.25, -0.2) is 4.98 Å². The summed E-state index contributed by atoms with van der Waals surface area (Å²) in [5.74, 6) is 1.00. The van der Waals surface area contributed by atoms with Crippen LogP contribution in [-0.4, -0.2) is 22.6 Å².